The lowest BCUT2D eigenvalue weighted by Crippen LogP contribution is -2.46. The Kier molecular flexibility index (Phi) is 4.67. The van der Waals surface area contributed by atoms with Gasteiger partial charge in [0.2, 0.25) is 0 Å². The predicted octanol–water partition coefficient (Wildman–Crippen LogP) is 1.79. The van der Waals surface area contributed by atoms with E-state index in [1.54, 1.807) is 18.2 Å². The van der Waals surface area contributed by atoms with Crippen LogP contribution in [-0.2, 0) is 6.54 Å². The third-order valence-electron chi connectivity index (χ3n) is 5.06. The number of hydrogen-bond donors (Lipinski definition) is 2. The molecule has 156 valence electrons. The second kappa shape index (κ2) is 8.37. The highest BCUT2D eigenvalue weighted by molar-refractivity contribution is 6.33. The van der Waals surface area contributed by atoms with Crippen LogP contribution in [0.4, 0.5) is 10.1 Å². The molecular formula is C20H20ClFN6O2. The number of pyridine rings is 1. The summed E-state index contributed by atoms with van der Waals surface area (Å²) in [5, 5.41) is 1.92. The fourth-order valence-electron chi connectivity index (χ4n) is 3.47. The summed E-state index contributed by atoms with van der Waals surface area (Å²) in [5.41, 5.74) is 1.04. The van der Waals surface area contributed by atoms with E-state index in [0.717, 1.165) is 6.20 Å². The van der Waals surface area contributed by atoms with Gasteiger partial charge in [0, 0.05) is 49.4 Å². The van der Waals surface area contributed by atoms with Crippen molar-refractivity contribution in [3.8, 4) is 0 Å². The van der Waals surface area contributed by atoms with Crippen LogP contribution in [0.2, 0.25) is 5.02 Å². The lowest BCUT2D eigenvalue weighted by Gasteiger charge is -2.36. The Morgan fingerprint density at radius 3 is 2.83 bits per heavy atom. The Hall–Kier alpha value is -3.04. The van der Waals surface area contributed by atoms with Crippen LogP contribution in [0.1, 0.15) is 20.2 Å². The largest absolute Gasteiger partial charge is 0.368 e. The van der Waals surface area contributed by atoms with Crippen molar-refractivity contribution in [2.75, 3.05) is 38.1 Å². The summed E-state index contributed by atoms with van der Waals surface area (Å²) in [6.07, 6.45) is 2.59. The molecule has 30 heavy (non-hydrogen) atoms. The molecule has 0 atom stereocenters. The van der Waals surface area contributed by atoms with E-state index in [1.807, 2.05) is 10.2 Å². The van der Waals surface area contributed by atoms with E-state index in [2.05, 4.69) is 19.9 Å². The van der Waals surface area contributed by atoms with Gasteiger partial charge in [-0.05, 0) is 12.1 Å². The minimum Gasteiger partial charge on any atom is -0.368 e. The zero-order valence-electron chi connectivity index (χ0n) is 18.8. The fourth-order valence-corrected chi connectivity index (χ4v) is 3.72. The normalized spacial score (nSPS) is 16.7. The molecule has 3 heterocycles. The number of halogens is 2. The van der Waals surface area contributed by atoms with Crippen LogP contribution in [0.15, 0.2) is 35.4 Å². The highest BCUT2D eigenvalue weighted by Gasteiger charge is 2.21. The van der Waals surface area contributed by atoms with E-state index in [1.165, 1.54) is 6.20 Å². The molecule has 1 amide bonds. The molecule has 0 radical (unpaired) electrons. The first-order chi connectivity index (χ1) is 15.6. The van der Waals surface area contributed by atoms with Crippen LogP contribution in [0.25, 0.3) is 11.0 Å². The van der Waals surface area contributed by atoms with Crippen LogP contribution >= 0.6 is 11.6 Å². The number of H-pyrrole nitrogens is 1. The van der Waals surface area contributed by atoms with E-state index >= 15 is 0 Å². The average Bonchev–Trinajstić information content (AvgIpc) is 2.75. The number of fused-ring (bicyclic) bond motifs is 1. The minimum atomic E-state index is -2.63. The maximum atomic E-state index is 14.9. The van der Waals surface area contributed by atoms with Gasteiger partial charge in [0.25, 0.3) is 11.5 Å². The summed E-state index contributed by atoms with van der Waals surface area (Å²) in [7, 11) is 0. The zero-order valence-corrected chi connectivity index (χ0v) is 16.5. The van der Waals surface area contributed by atoms with Gasteiger partial charge in [-0.25, -0.2) is 14.4 Å². The van der Waals surface area contributed by atoms with Gasteiger partial charge in [-0.3, -0.25) is 14.5 Å². The van der Waals surface area contributed by atoms with Crippen molar-refractivity contribution < 1.29 is 13.3 Å². The number of amides is 1. The quantitative estimate of drug-likeness (QED) is 0.651. The standard InChI is InChI=1S/C20H20ClFN6O2/c1-23-20(30)18-14(21)8-13(9-25-18)28-6-4-27(5-7-28)11-12-2-3-15-19(17(12)22)26-16(29)10-24-15/h2-3,8-10H,4-7,11H2,1H3,(H,23,30)(H,26,29)/i1D3. The molecule has 2 aromatic heterocycles. The number of nitrogens with zero attached hydrogens (tertiary/aromatic N) is 4. The first kappa shape index (κ1) is 16.7. The molecule has 1 aliphatic rings. The van der Waals surface area contributed by atoms with Gasteiger partial charge in [-0.15, -0.1) is 0 Å². The van der Waals surface area contributed by atoms with Crippen LogP contribution in [0, 0.1) is 5.82 Å². The molecule has 3 aromatic rings. The molecule has 1 saturated heterocycles. The van der Waals surface area contributed by atoms with Crippen molar-refractivity contribution in [1.82, 2.24) is 25.2 Å². The van der Waals surface area contributed by atoms with Crippen molar-refractivity contribution in [2.24, 2.45) is 0 Å². The summed E-state index contributed by atoms with van der Waals surface area (Å²) in [4.78, 5) is 38.1. The number of hydrogen-bond acceptors (Lipinski definition) is 6. The molecule has 0 unspecified atom stereocenters. The van der Waals surface area contributed by atoms with Gasteiger partial charge in [0.15, 0.2) is 5.82 Å². The molecule has 4 rings (SSSR count). The molecule has 10 heteroatoms. The van der Waals surface area contributed by atoms with Crippen LogP contribution in [0.5, 0.6) is 0 Å². The van der Waals surface area contributed by atoms with Crippen molar-refractivity contribution in [3.63, 3.8) is 0 Å². The summed E-state index contributed by atoms with van der Waals surface area (Å²) in [5.74, 6) is -1.35. The Morgan fingerprint density at radius 1 is 1.30 bits per heavy atom. The molecule has 0 aliphatic carbocycles. The van der Waals surface area contributed by atoms with Gasteiger partial charge in [0.1, 0.15) is 11.2 Å². The lowest BCUT2D eigenvalue weighted by atomic mass is 10.1. The number of piperazine rings is 1. The number of anilines is 1. The summed E-state index contributed by atoms with van der Waals surface area (Å²) in [6, 6.07) is 4.92. The number of carbonyl (C=O) groups is 1. The molecule has 2 N–H and O–H groups in total. The molecular weight excluding hydrogens is 411 g/mol. The maximum Gasteiger partial charge on any atom is 0.271 e. The highest BCUT2D eigenvalue weighted by atomic mass is 35.5. The summed E-state index contributed by atoms with van der Waals surface area (Å²) >= 11 is 6.17. The van der Waals surface area contributed by atoms with Gasteiger partial charge >= 0.3 is 0 Å². The topological polar surface area (TPSA) is 94.2 Å². The Balaban J connectivity index is 1.41. The zero-order chi connectivity index (χ0) is 23.8. The number of benzene rings is 1. The lowest BCUT2D eigenvalue weighted by molar-refractivity contribution is 0.0958. The molecule has 8 nitrogen and oxygen atoms in total. The van der Waals surface area contributed by atoms with Gasteiger partial charge in [0.05, 0.1) is 28.6 Å². The predicted molar refractivity (Wildman–Crippen MR) is 112 cm³/mol. The van der Waals surface area contributed by atoms with Crippen LogP contribution in [-0.4, -0.2) is 58.9 Å². The van der Waals surface area contributed by atoms with E-state index in [9.17, 15) is 14.0 Å². The first-order valence-corrected chi connectivity index (χ1v) is 9.60. The van der Waals surface area contributed by atoms with Crippen molar-refractivity contribution >= 4 is 34.2 Å². The second-order valence-corrected chi connectivity index (χ2v) is 7.33. The molecule has 1 aromatic carbocycles. The van der Waals surface area contributed by atoms with Gasteiger partial charge in [-0.2, -0.15) is 0 Å². The number of rotatable bonds is 4. The minimum absolute atomic E-state index is 0.0533. The summed E-state index contributed by atoms with van der Waals surface area (Å²) < 4.78 is 36.2. The fraction of sp³-hybridized carbons (Fsp3) is 0.300. The van der Waals surface area contributed by atoms with Crippen molar-refractivity contribution in [3.05, 3.63) is 63.0 Å². The molecule has 0 saturated carbocycles. The van der Waals surface area contributed by atoms with E-state index in [4.69, 9.17) is 15.7 Å². The van der Waals surface area contributed by atoms with Crippen LogP contribution in [0.3, 0.4) is 0 Å². The number of carbonyl (C=O) groups excluding carboxylic acids is 1. The molecule has 1 fully saturated rings. The number of nitrogens with one attached hydrogen (secondary N) is 2. The smallest absolute Gasteiger partial charge is 0.271 e. The average molecular weight is 434 g/mol. The Bertz CT molecular complexity index is 1260. The Morgan fingerprint density at radius 2 is 2.10 bits per heavy atom. The van der Waals surface area contributed by atoms with E-state index < -0.39 is 24.3 Å². The third-order valence-corrected chi connectivity index (χ3v) is 5.34. The SMILES string of the molecule is [2H]C([2H])([2H])NC(=O)c1ncc(N2CCN(Cc3ccc4ncc(=O)[nH]c4c3F)CC2)cc1Cl. The number of aromatic nitrogens is 3. The van der Waals surface area contributed by atoms with Gasteiger partial charge < -0.3 is 15.2 Å². The van der Waals surface area contributed by atoms with Gasteiger partial charge in [-0.1, -0.05) is 17.7 Å². The summed E-state index contributed by atoms with van der Waals surface area (Å²) in [6.45, 7) is 0.256. The first-order valence-electron chi connectivity index (χ1n) is 10.7. The van der Waals surface area contributed by atoms with E-state index in [-0.39, 0.29) is 16.2 Å². The van der Waals surface area contributed by atoms with Crippen molar-refractivity contribution in [2.45, 2.75) is 6.54 Å². The highest BCUT2D eigenvalue weighted by Crippen LogP contribution is 2.24. The monoisotopic (exact) mass is 433 g/mol. The maximum absolute atomic E-state index is 14.9. The van der Waals surface area contributed by atoms with E-state index in [0.29, 0.717) is 49.5 Å². The van der Waals surface area contributed by atoms with Crippen LogP contribution < -0.4 is 15.8 Å². The Labute approximate surface area is 180 Å². The third kappa shape index (κ3) is 3.99. The molecule has 1 aliphatic heterocycles. The molecule has 0 spiro atoms. The number of aromatic amines is 1. The van der Waals surface area contributed by atoms with Crippen molar-refractivity contribution in [1.29, 1.82) is 0 Å². The molecule has 0 bridgehead atoms. The second-order valence-electron chi connectivity index (χ2n) is 6.92.